The Hall–Kier alpha value is -1.62. The van der Waals surface area contributed by atoms with Crippen molar-refractivity contribution in [1.29, 1.82) is 0 Å². The Labute approximate surface area is 112 Å². The molecule has 1 aromatic rings. The molecule has 19 heavy (non-hydrogen) atoms. The van der Waals surface area contributed by atoms with Crippen LogP contribution in [0, 0.1) is 5.82 Å². The molecule has 0 aliphatic rings. The molecule has 0 heterocycles. The van der Waals surface area contributed by atoms with Gasteiger partial charge in [0.2, 0.25) is 5.91 Å². The lowest BCUT2D eigenvalue weighted by molar-refractivity contribution is -0.124. The quantitative estimate of drug-likeness (QED) is 0.829. The molecule has 0 saturated heterocycles. The van der Waals surface area contributed by atoms with Crippen LogP contribution in [-0.4, -0.2) is 29.3 Å². The number of ether oxygens (including phenoxy) is 1. The molecule has 0 bridgehead atoms. The maximum Gasteiger partial charge on any atom is 0.223 e. The number of hydrogen-bond donors (Lipinski definition) is 2. The lowest BCUT2D eigenvalue weighted by Gasteiger charge is -2.29. The Morgan fingerprint density at radius 3 is 2.53 bits per heavy atom. The molecule has 0 aromatic heterocycles. The Bertz CT molecular complexity index is 415. The van der Waals surface area contributed by atoms with Gasteiger partial charge in [-0.25, -0.2) is 4.39 Å². The van der Waals surface area contributed by atoms with Crippen LogP contribution in [0.2, 0.25) is 0 Å². The van der Waals surface area contributed by atoms with Gasteiger partial charge in [-0.2, -0.15) is 0 Å². The molecular formula is C14H20FNO3. The molecule has 0 aliphatic carbocycles. The number of halogens is 1. The van der Waals surface area contributed by atoms with E-state index in [2.05, 4.69) is 5.32 Å². The van der Waals surface area contributed by atoms with E-state index < -0.39 is 11.6 Å². The van der Waals surface area contributed by atoms with Gasteiger partial charge in [-0.3, -0.25) is 4.79 Å². The fourth-order valence-electron chi connectivity index (χ4n) is 1.32. The normalized spacial score (nSPS) is 12.9. The Balaban J connectivity index is 2.33. The number of rotatable bonds is 6. The number of carbonyl (C=O) groups is 1. The number of nitrogens with one attached hydrogen (secondary N) is 1. The van der Waals surface area contributed by atoms with Crippen molar-refractivity contribution in [1.82, 2.24) is 5.32 Å². The first-order chi connectivity index (χ1) is 8.81. The molecule has 1 rings (SSSR count). The monoisotopic (exact) mass is 269 g/mol. The number of hydrogen-bond acceptors (Lipinski definition) is 3. The minimum absolute atomic E-state index is 0.174. The molecule has 2 N–H and O–H groups in total. The predicted octanol–water partition coefficient (Wildman–Crippen LogP) is 1.87. The second-order valence-electron chi connectivity index (χ2n) is 5.00. The van der Waals surface area contributed by atoms with Crippen molar-refractivity contribution in [2.75, 3.05) is 6.61 Å². The zero-order valence-corrected chi connectivity index (χ0v) is 11.4. The van der Waals surface area contributed by atoms with Gasteiger partial charge < -0.3 is 15.2 Å². The third-order valence-electron chi connectivity index (χ3n) is 2.92. The standard InChI is InChI=1S/C14H20FNO3/c1-10(17)14(2,3)16-13(18)8-9-19-12-6-4-11(15)5-7-12/h4-7,10,17H,8-9H2,1-3H3,(H,16,18). The summed E-state index contributed by atoms with van der Waals surface area (Å²) in [6.07, 6.45) is -0.470. The topological polar surface area (TPSA) is 58.6 Å². The number of aliphatic hydroxyl groups excluding tert-OH is 1. The number of amides is 1. The molecule has 5 heteroatoms. The first-order valence-corrected chi connectivity index (χ1v) is 6.19. The fraction of sp³-hybridized carbons (Fsp3) is 0.500. The summed E-state index contributed by atoms with van der Waals surface area (Å²) in [6.45, 7) is 5.31. The van der Waals surface area contributed by atoms with E-state index in [4.69, 9.17) is 4.74 Å². The minimum Gasteiger partial charge on any atom is -0.493 e. The number of aliphatic hydroxyl groups is 1. The Morgan fingerprint density at radius 1 is 1.42 bits per heavy atom. The minimum atomic E-state index is -0.674. The van der Waals surface area contributed by atoms with Crippen LogP contribution in [0.3, 0.4) is 0 Å². The van der Waals surface area contributed by atoms with Crippen LogP contribution >= 0.6 is 0 Å². The lowest BCUT2D eigenvalue weighted by Crippen LogP contribution is -2.51. The maximum absolute atomic E-state index is 12.7. The van der Waals surface area contributed by atoms with Gasteiger partial charge in [-0.15, -0.1) is 0 Å². The van der Waals surface area contributed by atoms with Crippen LogP contribution in [0.4, 0.5) is 4.39 Å². The number of benzene rings is 1. The molecule has 0 spiro atoms. The summed E-state index contributed by atoms with van der Waals surface area (Å²) in [7, 11) is 0. The summed E-state index contributed by atoms with van der Waals surface area (Å²) < 4.78 is 18.0. The van der Waals surface area contributed by atoms with Gasteiger partial charge in [0.1, 0.15) is 11.6 Å². The fourth-order valence-corrected chi connectivity index (χ4v) is 1.32. The van der Waals surface area contributed by atoms with Gasteiger partial charge in [0.25, 0.3) is 0 Å². The molecule has 1 amide bonds. The molecule has 0 saturated carbocycles. The largest absolute Gasteiger partial charge is 0.493 e. The third kappa shape index (κ3) is 5.26. The van der Waals surface area contributed by atoms with Crippen molar-refractivity contribution < 1.29 is 19.0 Å². The van der Waals surface area contributed by atoms with Crippen LogP contribution in [0.25, 0.3) is 0 Å². The molecule has 4 nitrogen and oxygen atoms in total. The van der Waals surface area contributed by atoms with Crippen LogP contribution in [0.1, 0.15) is 27.2 Å². The first kappa shape index (κ1) is 15.4. The van der Waals surface area contributed by atoms with Gasteiger partial charge in [-0.05, 0) is 45.0 Å². The smallest absolute Gasteiger partial charge is 0.223 e. The van der Waals surface area contributed by atoms with E-state index in [1.165, 1.54) is 24.3 Å². The van der Waals surface area contributed by atoms with Gasteiger partial charge in [0.15, 0.2) is 0 Å². The SMILES string of the molecule is CC(O)C(C)(C)NC(=O)CCOc1ccc(F)cc1. The van der Waals surface area contributed by atoms with Gasteiger partial charge in [0, 0.05) is 0 Å². The van der Waals surface area contributed by atoms with E-state index in [9.17, 15) is 14.3 Å². The highest BCUT2D eigenvalue weighted by molar-refractivity contribution is 5.76. The molecule has 1 unspecified atom stereocenters. The Kier molecular flexibility index (Phi) is 5.30. The number of carbonyl (C=O) groups excluding carboxylic acids is 1. The molecule has 0 fully saturated rings. The Morgan fingerprint density at radius 2 is 2.00 bits per heavy atom. The predicted molar refractivity (Wildman–Crippen MR) is 70.4 cm³/mol. The van der Waals surface area contributed by atoms with Crippen molar-refractivity contribution in [3.8, 4) is 5.75 Å². The van der Waals surface area contributed by atoms with Crippen molar-refractivity contribution in [2.45, 2.75) is 38.8 Å². The highest BCUT2D eigenvalue weighted by atomic mass is 19.1. The lowest BCUT2D eigenvalue weighted by atomic mass is 9.99. The molecule has 1 aromatic carbocycles. The van der Waals surface area contributed by atoms with E-state index in [0.717, 1.165) is 0 Å². The average molecular weight is 269 g/mol. The van der Waals surface area contributed by atoms with E-state index in [-0.39, 0.29) is 24.8 Å². The third-order valence-corrected chi connectivity index (χ3v) is 2.92. The summed E-state index contributed by atoms with van der Waals surface area (Å²) in [5.74, 6) is -0.0132. The van der Waals surface area contributed by atoms with Crippen molar-refractivity contribution >= 4 is 5.91 Å². The average Bonchev–Trinajstić information content (AvgIpc) is 2.31. The van der Waals surface area contributed by atoms with Crippen molar-refractivity contribution in [3.05, 3.63) is 30.1 Å². The van der Waals surface area contributed by atoms with Gasteiger partial charge >= 0.3 is 0 Å². The van der Waals surface area contributed by atoms with E-state index in [1.54, 1.807) is 20.8 Å². The molecule has 0 radical (unpaired) electrons. The second-order valence-corrected chi connectivity index (χ2v) is 5.00. The van der Waals surface area contributed by atoms with Crippen LogP contribution < -0.4 is 10.1 Å². The maximum atomic E-state index is 12.7. The van der Waals surface area contributed by atoms with Crippen molar-refractivity contribution in [3.63, 3.8) is 0 Å². The van der Waals surface area contributed by atoms with E-state index in [1.807, 2.05) is 0 Å². The van der Waals surface area contributed by atoms with Gasteiger partial charge in [0.05, 0.1) is 24.7 Å². The first-order valence-electron chi connectivity index (χ1n) is 6.19. The van der Waals surface area contributed by atoms with Crippen LogP contribution in [-0.2, 0) is 4.79 Å². The molecule has 1 atom stereocenters. The second kappa shape index (κ2) is 6.52. The molecule has 0 aliphatic heterocycles. The highest BCUT2D eigenvalue weighted by Gasteiger charge is 2.25. The summed E-state index contributed by atoms with van der Waals surface area (Å²) in [6, 6.07) is 5.61. The zero-order chi connectivity index (χ0) is 14.5. The van der Waals surface area contributed by atoms with E-state index in [0.29, 0.717) is 5.75 Å². The van der Waals surface area contributed by atoms with Crippen LogP contribution in [0.15, 0.2) is 24.3 Å². The van der Waals surface area contributed by atoms with Gasteiger partial charge in [-0.1, -0.05) is 0 Å². The van der Waals surface area contributed by atoms with Crippen LogP contribution in [0.5, 0.6) is 5.75 Å². The van der Waals surface area contributed by atoms with E-state index >= 15 is 0 Å². The summed E-state index contributed by atoms with van der Waals surface area (Å²) in [5.41, 5.74) is -0.674. The summed E-state index contributed by atoms with van der Waals surface area (Å²) >= 11 is 0. The molecular weight excluding hydrogens is 249 g/mol. The highest BCUT2D eigenvalue weighted by Crippen LogP contribution is 2.12. The summed E-state index contributed by atoms with van der Waals surface area (Å²) in [4.78, 5) is 11.6. The van der Waals surface area contributed by atoms with Crippen molar-refractivity contribution in [2.24, 2.45) is 0 Å². The molecule has 106 valence electrons. The zero-order valence-electron chi connectivity index (χ0n) is 11.4. The summed E-state index contributed by atoms with van der Waals surface area (Å²) in [5, 5.41) is 12.2.